The number of nitrogens with zero attached hydrogens (tertiary/aromatic N) is 1. The van der Waals surface area contributed by atoms with E-state index < -0.39 is 0 Å². The van der Waals surface area contributed by atoms with Gasteiger partial charge in [-0.05, 0) is 23.8 Å². The molecule has 0 heterocycles. The first-order chi connectivity index (χ1) is 10.5. The molecule has 0 radical (unpaired) electrons. The zero-order valence-corrected chi connectivity index (χ0v) is 14.7. The molecule has 0 aliphatic heterocycles. The van der Waals surface area contributed by atoms with Crippen molar-refractivity contribution < 1.29 is 4.79 Å². The minimum Gasteiger partial charge on any atom is -0.376 e. The van der Waals surface area contributed by atoms with Crippen LogP contribution in [0.25, 0.3) is 0 Å². The lowest BCUT2D eigenvalue weighted by molar-refractivity contribution is -0.116. The number of carbonyl (C=O) groups is 1. The van der Waals surface area contributed by atoms with Crippen molar-refractivity contribution >= 4 is 41.3 Å². The Hall–Kier alpha value is -1.75. The molecule has 1 unspecified atom stereocenters. The molecule has 0 bridgehead atoms. The Morgan fingerprint density at radius 1 is 1.22 bits per heavy atom. The molecule has 0 fully saturated rings. The van der Waals surface area contributed by atoms with Crippen molar-refractivity contribution in [1.29, 1.82) is 0 Å². The Kier molecular flexibility index (Phi) is 7.36. The van der Waals surface area contributed by atoms with Gasteiger partial charge in [0.05, 0.1) is 10.7 Å². The summed E-state index contributed by atoms with van der Waals surface area (Å²) >= 11 is 6.19. The van der Waals surface area contributed by atoms with Crippen molar-refractivity contribution in [2.75, 3.05) is 24.3 Å². The second kappa shape index (κ2) is 8.77. The summed E-state index contributed by atoms with van der Waals surface area (Å²) in [7, 11) is 3.83. The molecule has 1 atom stereocenters. The molecule has 124 valence electrons. The Balaban J connectivity index is 0.00000264. The monoisotopic (exact) mass is 353 g/mol. The second-order valence-electron chi connectivity index (χ2n) is 5.33. The fourth-order valence-electron chi connectivity index (χ4n) is 2.18. The van der Waals surface area contributed by atoms with Crippen LogP contribution in [0.3, 0.4) is 0 Å². The van der Waals surface area contributed by atoms with Crippen LogP contribution in [-0.4, -0.2) is 20.0 Å². The van der Waals surface area contributed by atoms with E-state index in [0.29, 0.717) is 10.7 Å². The smallest absolute Gasteiger partial charge is 0.226 e. The van der Waals surface area contributed by atoms with Gasteiger partial charge in [-0.15, -0.1) is 12.4 Å². The van der Waals surface area contributed by atoms with Crippen LogP contribution in [-0.2, 0) is 4.79 Å². The van der Waals surface area contributed by atoms with E-state index in [9.17, 15) is 4.79 Å². The molecule has 2 aromatic carbocycles. The van der Waals surface area contributed by atoms with Crippen LogP contribution < -0.4 is 16.0 Å². The zero-order valence-electron chi connectivity index (χ0n) is 13.1. The third kappa shape index (κ3) is 5.43. The first-order valence-corrected chi connectivity index (χ1v) is 7.42. The summed E-state index contributed by atoms with van der Waals surface area (Å²) in [4.78, 5) is 14.0. The standard InChI is InChI=1S/C17H20ClN3O.ClH/c1-21(2)16-9-8-13(10-14(16)18)20-17(22)11-15(19)12-6-4-3-5-7-12;/h3-10,15H,11,19H2,1-2H3,(H,20,22);1H. The molecule has 4 nitrogen and oxygen atoms in total. The Morgan fingerprint density at radius 2 is 1.87 bits per heavy atom. The molecule has 1 amide bonds. The molecule has 2 aromatic rings. The zero-order chi connectivity index (χ0) is 16.1. The van der Waals surface area contributed by atoms with E-state index in [0.717, 1.165) is 11.3 Å². The van der Waals surface area contributed by atoms with Gasteiger partial charge in [-0.1, -0.05) is 41.9 Å². The minimum absolute atomic E-state index is 0. The minimum atomic E-state index is -0.322. The number of anilines is 2. The van der Waals surface area contributed by atoms with Crippen molar-refractivity contribution in [2.24, 2.45) is 5.73 Å². The van der Waals surface area contributed by atoms with E-state index in [1.807, 2.05) is 61.5 Å². The van der Waals surface area contributed by atoms with Gasteiger partial charge in [0.1, 0.15) is 0 Å². The van der Waals surface area contributed by atoms with Gasteiger partial charge in [0.15, 0.2) is 0 Å². The number of carbonyl (C=O) groups excluding carboxylic acids is 1. The predicted molar refractivity (Wildman–Crippen MR) is 99.6 cm³/mol. The van der Waals surface area contributed by atoms with Crippen LogP contribution in [0.15, 0.2) is 48.5 Å². The summed E-state index contributed by atoms with van der Waals surface area (Å²) in [6, 6.07) is 14.7. The third-order valence-electron chi connectivity index (χ3n) is 3.35. The summed E-state index contributed by atoms with van der Waals surface area (Å²) in [5.74, 6) is -0.134. The molecule has 3 N–H and O–H groups in total. The number of halogens is 2. The van der Waals surface area contributed by atoms with E-state index in [-0.39, 0.29) is 30.8 Å². The maximum atomic E-state index is 12.1. The van der Waals surface area contributed by atoms with Crippen LogP contribution >= 0.6 is 24.0 Å². The lowest BCUT2D eigenvalue weighted by atomic mass is 10.0. The molecule has 0 aliphatic rings. The molecule has 0 spiro atoms. The van der Waals surface area contributed by atoms with Gasteiger partial charge in [0, 0.05) is 32.2 Å². The van der Waals surface area contributed by atoms with Gasteiger partial charge in [-0.25, -0.2) is 0 Å². The Labute approximate surface area is 148 Å². The third-order valence-corrected chi connectivity index (χ3v) is 3.65. The van der Waals surface area contributed by atoms with Gasteiger partial charge < -0.3 is 16.0 Å². The average Bonchev–Trinajstić information content (AvgIpc) is 2.47. The van der Waals surface area contributed by atoms with E-state index in [2.05, 4.69) is 5.32 Å². The first kappa shape index (κ1) is 19.3. The summed E-state index contributed by atoms with van der Waals surface area (Å²) < 4.78 is 0. The lowest BCUT2D eigenvalue weighted by Gasteiger charge is -2.16. The summed E-state index contributed by atoms with van der Waals surface area (Å²) in [6.07, 6.45) is 0.219. The van der Waals surface area contributed by atoms with Crippen molar-refractivity contribution in [3.8, 4) is 0 Å². The van der Waals surface area contributed by atoms with Crippen molar-refractivity contribution in [2.45, 2.75) is 12.5 Å². The Bertz CT molecular complexity index is 648. The molecule has 0 saturated heterocycles. The van der Waals surface area contributed by atoms with E-state index in [1.165, 1.54) is 0 Å². The summed E-state index contributed by atoms with van der Waals surface area (Å²) in [5, 5.41) is 3.42. The number of nitrogens with two attached hydrogens (primary N) is 1. The topological polar surface area (TPSA) is 58.4 Å². The SMILES string of the molecule is CN(C)c1ccc(NC(=O)CC(N)c2ccccc2)cc1Cl.Cl. The van der Waals surface area contributed by atoms with Crippen LogP contribution in [0.5, 0.6) is 0 Å². The first-order valence-electron chi connectivity index (χ1n) is 7.04. The summed E-state index contributed by atoms with van der Waals surface area (Å²) in [6.45, 7) is 0. The maximum Gasteiger partial charge on any atom is 0.226 e. The molecule has 6 heteroatoms. The normalized spacial score (nSPS) is 11.3. The van der Waals surface area contributed by atoms with Crippen LogP contribution in [0.1, 0.15) is 18.0 Å². The molecular formula is C17H21Cl2N3O. The molecular weight excluding hydrogens is 333 g/mol. The number of nitrogens with one attached hydrogen (secondary N) is 1. The van der Waals surface area contributed by atoms with Gasteiger partial charge in [-0.3, -0.25) is 4.79 Å². The number of hydrogen-bond donors (Lipinski definition) is 2. The molecule has 0 saturated carbocycles. The quantitative estimate of drug-likeness (QED) is 0.857. The van der Waals surface area contributed by atoms with Crippen molar-refractivity contribution in [3.63, 3.8) is 0 Å². The maximum absolute atomic E-state index is 12.1. The summed E-state index contributed by atoms with van der Waals surface area (Å²) in [5.41, 5.74) is 8.56. The second-order valence-corrected chi connectivity index (χ2v) is 5.74. The highest BCUT2D eigenvalue weighted by Crippen LogP contribution is 2.27. The Morgan fingerprint density at radius 3 is 2.43 bits per heavy atom. The van der Waals surface area contributed by atoms with Gasteiger partial charge >= 0.3 is 0 Å². The van der Waals surface area contributed by atoms with E-state index in [1.54, 1.807) is 6.07 Å². The highest BCUT2D eigenvalue weighted by atomic mass is 35.5. The predicted octanol–water partition coefficient (Wildman–Crippen LogP) is 3.86. The number of amides is 1. The van der Waals surface area contributed by atoms with Gasteiger partial charge in [0.25, 0.3) is 0 Å². The van der Waals surface area contributed by atoms with Gasteiger partial charge in [-0.2, -0.15) is 0 Å². The molecule has 0 aliphatic carbocycles. The van der Waals surface area contributed by atoms with E-state index in [4.69, 9.17) is 17.3 Å². The van der Waals surface area contributed by atoms with Crippen molar-refractivity contribution in [1.82, 2.24) is 0 Å². The molecule has 0 aromatic heterocycles. The molecule has 2 rings (SSSR count). The molecule has 23 heavy (non-hydrogen) atoms. The largest absolute Gasteiger partial charge is 0.376 e. The average molecular weight is 354 g/mol. The van der Waals surface area contributed by atoms with Crippen LogP contribution in [0.4, 0.5) is 11.4 Å². The van der Waals surface area contributed by atoms with E-state index >= 15 is 0 Å². The van der Waals surface area contributed by atoms with Crippen LogP contribution in [0, 0.1) is 0 Å². The van der Waals surface area contributed by atoms with Gasteiger partial charge in [0.2, 0.25) is 5.91 Å². The highest BCUT2D eigenvalue weighted by Gasteiger charge is 2.12. The fourth-order valence-corrected chi connectivity index (χ4v) is 2.53. The highest BCUT2D eigenvalue weighted by molar-refractivity contribution is 6.33. The number of benzene rings is 2. The van der Waals surface area contributed by atoms with Crippen LogP contribution in [0.2, 0.25) is 5.02 Å². The lowest BCUT2D eigenvalue weighted by Crippen LogP contribution is -2.20. The number of rotatable bonds is 5. The fraction of sp³-hybridized carbons (Fsp3) is 0.235. The van der Waals surface area contributed by atoms with Crippen molar-refractivity contribution in [3.05, 3.63) is 59.1 Å². The number of hydrogen-bond acceptors (Lipinski definition) is 3.